The number of rotatable bonds is 3. The van der Waals surface area contributed by atoms with E-state index in [1.54, 1.807) is 10.9 Å². The number of thiophene rings is 1. The molecule has 6 heteroatoms. The smallest absolute Gasteiger partial charge is 0.0970 e. The molecule has 1 unspecified atom stereocenters. The van der Waals surface area contributed by atoms with Crippen molar-refractivity contribution < 1.29 is 0 Å². The van der Waals surface area contributed by atoms with Gasteiger partial charge < -0.3 is 0 Å². The van der Waals surface area contributed by atoms with Crippen LogP contribution >= 0.6 is 22.9 Å². The maximum atomic E-state index is 5.89. The zero-order valence-electron chi connectivity index (χ0n) is 8.14. The zero-order valence-corrected chi connectivity index (χ0v) is 9.72. The molecule has 0 spiro atoms. The summed E-state index contributed by atoms with van der Waals surface area (Å²) in [5.74, 6) is 5.55. The van der Waals surface area contributed by atoms with Crippen LogP contribution in [0.5, 0.6) is 0 Å². The Morgan fingerprint density at radius 3 is 2.80 bits per heavy atom. The van der Waals surface area contributed by atoms with Gasteiger partial charge in [0.25, 0.3) is 0 Å². The lowest BCUT2D eigenvalue weighted by molar-refractivity contribution is 0.582. The molecule has 0 saturated heterocycles. The number of hydrazine groups is 1. The van der Waals surface area contributed by atoms with Crippen LogP contribution in [0.2, 0.25) is 4.34 Å². The highest BCUT2D eigenvalue weighted by Gasteiger charge is 2.17. The normalized spacial score (nSPS) is 13.0. The van der Waals surface area contributed by atoms with Gasteiger partial charge in [0.1, 0.15) is 0 Å². The van der Waals surface area contributed by atoms with Crippen molar-refractivity contribution in [1.82, 2.24) is 15.2 Å². The van der Waals surface area contributed by atoms with Gasteiger partial charge in [0.05, 0.1) is 16.1 Å². The summed E-state index contributed by atoms with van der Waals surface area (Å²) in [5.41, 5.74) is 3.78. The van der Waals surface area contributed by atoms with Crippen molar-refractivity contribution in [3.05, 3.63) is 39.3 Å². The van der Waals surface area contributed by atoms with Gasteiger partial charge in [0.15, 0.2) is 0 Å². The monoisotopic (exact) mass is 242 g/mol. The minimum absolute atomic E-state index is 0.0602. The van der Waals surface area contributed by atoms with E-state index in [1.807, 2.05) is 25.2 Å². The van der Waals surface area contributed by atoms with Crippen LogP contribution in [0, 0.1) is 0 Å². The minimum atomic E-state index is -0.0602. The molecule has 2 heterocycles. The fourth-order valence-corrected chi connectivity index (χ4v) is 2.60. The van der Waals surface area contributed by atoms with E-state index < -0.39 is 0 Å². The SMILES string of the molecule is Cn1nccc1C(NN)c1ccc(Cl)s1. The van der Waals surface area contributed by atoms with Gasteiger partial charge in [0.2, 0.25) is 0 Å². The molecule has 0 radical (unpaired) electrons. The third-order valence-electron chi connectivity index (χ3n) is 2.20. The van der Waals surface area contributed by atoms with Gasteiger partial charge in [-0.3, -0.25) is 10.5 Å². The summed E-state index contributed by atoms with van der Waals surface area (Å²) in [6.45, 7) is 0. The van der Waals surface area contributed by atoms with Gasteiger partial charge in [-0.1, -0.05) is 11.6 Å². The molecule has 0 saturated carbocycles. The van der Waals surface area contributed by atoms with Crippen LogP contribution < -0.4 is 11.3 Å². The van der Waals surface area contributed by atoms with Crippen LogP contribution in [0.25, 0.3) is 0 Å². The molecule has 4 nitrogen and oxygen atoms in total. The topological polar surface area (TPSA) is 55.9 Å². The van der Waals surface area contributed by atoms with Crippen LogP contribution in [0.4, 0.5) is 0 Å². The predicted molar refractivity (Wildman–Crippen MR) is 61.7 cm³/mol. The molecular weight excluding hydrogens is 232 g/mol. The van der Waals surface area contributed by atoms with E-state index in [9.17, 15) is 0 Å². The predicted octanol–water partition coefficient (Wildman–Crippen LogP) is 1.69. The van der Waals surface area contributed by atoms with Crippen LogP contribution in [0.3, 0.4) is 0 Å². The highest BCUT2D eigenvalue weighted by Crippen LogP contribution is 2.30. The number of nitrogens with two attached hydrogens (primary N) is 1. The van der Waals surface area contributed by atoms with Crippen molar-refractivity contribution in [3.63, 3.8) is 0 Å². The molecule has 1 atom stereocenters. The molecule has 2 aromatic rings. The highest BCUT2D eigenvalue weighted by molar-refractivity contribution is 7.16. The Bertz CT molecular complexity index is 450. The van der Waals surface area contributed by atoms with E-state index in [4.69, 9.17) is 17.4 Å². The number of aromatic nitrogens is 2. The number of aryl methyl sites for hydroxylation is 1. The summed E-state index contributed by atoms with van der Waals surface area (Å²) in [6, 6.07) is 5.69. The molecule has 0 amide bonds. The van der Waals surface area contributed by atoms with Crippen LogP contribution in [-0.4, -0.2) is 9.78 Å². The molecular formula is C9H11ClN4S. The molecule has 0 fully saturated rings. The Morgan fingerprint density at radius 1 is 1.53 bits per heavy atom. The fraction of sp³-hybridized carbons (Fsp3) is 0.222. The van der Waals surface area contributed by atoms with E-state index in [0.717, 1.165) is 14.9 Å². The average Bonchev–Trinajstić information content (AvgIpc) is 2.79. The van der Waals surface area contributed by atoms with Crippen molar-refractivity contribution >= 4 is 22.9 Å². The van der Waals surface area contributed by atoms with E-state index in [1.165, 1.54) is 11.3 Å². The zero-order chi connectivity index (χ0) is 10.8. The molecule has 15 heavy (non-hydrogen) atoms. The van der Waals surface area contributed by atoms with Gasteiger partial charge in [0, 0.05) is 18.1 Å². The summed E-state index contributed by atoms with van der Waals surface area (Å²) in [6.07, 6.45) is 1.74. The van der Waals surface area contributed by atoms with Crippen molar-refractivity contribution in [1.29, 1.82) is 0 Å². The molecule has 0 aliphatic rings. The maximum absolute atomic E-state index is 5.89. The highest BCUT2D eigenvalue weighted by atomic mass is 35.5. The van der Waals surface area contributed by atoms with Gasteiger partial charge in [-0.15, -0.1) is 11.3 Å². The first-order valence-corrected chi connectivity index (χ1v) is 5.61. The van der Waals surface area contributed by atoms with Gasteiger partial charge in [-0.05, 0) is 18.2 Å². The van der Waals surface area contributed by atoms with Crippen molar-refractivity contribution in [2.45, 2.75) is 6.04 Å². The maximum Gasteiger partial charge on any atom is 0.0970 e. The molecule has 0 aliphatic carbocycles. The number of hydrogen-bond acceptors (Lipinski definition) is 4. The fourth-order valence-electron chi connectivity index (χ4n) is 1.46. The Hall–Kier alpha value is -0.880. The molecule has 0 bridgehead atoms. The molecule has 0 aromatic carbocycles. The number of nitrogens with zero attached hydrogens (tertiary/aromatic N) is 2. The summed E-state index contributed by atoms with van der Waals surface area (Å²) in [7, 11) is 1.88. The third-order valence-corrected chi connectivity index (χ3v) is 3.50. The standard InChI is InChI=1S/C9H11ClN4S/c1-14-6(4-5-12-14)9(13-11)7-2-3-8(10)15-7/h2-5,9,13H,11H2,1H3. The second-order valence-corrected chi connectivity index (χ2v) is 4.87. The minimum Gasteiger partial charge on any atom is -0.271 e. The first-order chi connectivity index (χ1) is 7.22. The van der Waals surface area contributed by atoms with Crippen molar-refractivity contribution in [3.8, 4) is 0 Å². The molecule has 80 valence electrons. The van der Waals surface area contributed by atoms with Gasteiger partial charge in [-0.25, -0.2) is 5.43 Å². The molecule has 0 aliphatic heterocycles. The number of halogens is 1. The summed E-state index contributed by atoms with van der Waals surface area (Å²) in [5, 5.41) is 4.11. The van der Waals surface area contributed by atoms with Gasteiger partial charge in [-0.2, -0.15) is 5.10 Å². The Kier molecular flexibility index (Phi) is 3.06. The van der Waals surface area contributed by atoms with Crippen LogP contribution in [0.1, 0.15) is 16.6 Å². The Morgan fingerprint density at radius 2 is 2.33 bits per heavy atom. The molecule has 2 aromatic heterocycles. The molecule has 2 rings (SSSR count). The quantitative estimate of drug-likeness (QED) is 0.636. The lowest BCUT2D eigenvalue weighted by Crippen LogP contribution is -2.29. The largest absolute Gasteiger partial charge is 0.271 e. The second kappa shape index (κ2) is 4.32. The first kappa shape index (κ1) is 10.6. The number of nitrogens with one attached hydrogen (secondary N) is 1. The summed E-state index contributed by atoms with van der Waals surface area (Å²) < 4.78 is 2.55. The van der Waals surface area contributed by atoms with Crippen LogP contribution in [0.15, 0.2) is 24.4 Å². The summed E-state index contributed by atoms with van der Waals surface area (Å²) >= 11 is 7.40. The molecule has 3 N–H and O–H groups in total. The average molecular weight is 243 g/mol. The van der Waals surface area contributed by atoms with Crippen molar-refractivity contribution in [2.75, 3.05) is 0 Å². The van der Waals surface area contributed by atoms with E-state index in [0.29, 0.717) is 0 Å². The van der Waals surface area contributed by atoms with E-state index in [2.05, 4.69) is 10.5 Å². The Labute approximate surface area is 96.6 Å². The Balaban J connectivity index is 2.36. The third kappa shape index (κ3) is 2.05. The van der Waals surface area contributed by atoms with Gasteiger partial charge >= 0.3 is 0 Å². The first-order valence-electron chi connectivity index (χ1n) is 4.41. The van der Waals surface area contributed by atoms with E-state index in [-0.39, 0.29) is 6.04 Å². The van der Waals surface area contributed by atoms with E-state index >= 15 is 0 Å². The summed E-state index contributed by atoms with van der Waals surface area (Å²) in [4.78, 5) is 1.08. The second-order valence-electron chi connectivity index (χ2n) is 3.12. The van der Waals surface area contributed by atoms with Crippen LogP contribution in [-0.2, 0) is 7.05 Å². The van der Waals surface area contributed by atoms with Crippen molar-refractivity contribution in [2.24, 2.45) is 12.9 Å². The number of hydrogen-bond donors (Lipinski definition) is 2. The lowest BCUT2D eigenvalue weighted by atomic mass is 10.2. The lowest BCUT2D eigenvalue weighted by Gasteiger charge is -2.14.